The molecule has 0 radical (unpaired) electrons. The van der Waals surface area contributed by atoms with Gasteiger partial charge in [-0.05, 0) is 35.2 Å². The largest absolute Gasteiger partial charge is 0.463 e. The van der Waals surface area contributed by atoms with Crippen LogP contribution in [0.15, 0.2) is 30.3 Å². The Morgan fingerprint density at radius 1 is 0.700 bits per heavy atom. The molecule has 0 unspecified atom stereocenters. The van der Waals surface area contributed by atoms with Crippen LogP contribution in [-0.2, 0) is 0 Å². The van der Waals surface area contributed by atoms with E-state index in [0.29, 0.717) is 29.6 Å². The first kappa shape index (κ1) is 33.8. The van der Waals surface area contributed by atoms with Gasteiger partial charge in [0.25, 0.3) is 0 Å². The van der Waals surface area contributed by atoms with Gasteiger partial charge in [0.15, 0.2) is 5.54 Å². The van der Waals surface area contributed by atoms with Gasteiger partial charge in [-0.1, -0.05) is 125 Å². The number of benzene rings is 2. The monoisotopic (exact) mass is 617 g/mol. The van der Waals surface area contributed by atoms with Crippen molar-refractivity contribution in [3.05, 3.63) is 58.1 Å². The lowest BCUT2D eigenvalue weighted by Gasteiger charge is -2.39. The number of hydrogen-bond donors (Lipinski definition) is 0. The highest BCUT2D eigenvalue weighted by atomic mass is 35.7. The molecule has 0 fully saturated rings. The summed E-state index contributed by atoms with van der Waals surface area (Å²) in [6.45, 7) is 32.6. The van der Waals surface area contributed by atoms with Gasteiger partial charge in [-0.25, -0.2) is 0 Å². The average molecular weight is 619 g/mol. The molecular weight excluding hydrogens is 564 g/mol. The molecule has 1 nitrogen and oxygen atoms in total. The van der Waals surface area contributed by atoms with E-state index in [-0.39, 0.29) is 11.0 Å². The Labute approximate surface area is 258 Å². The van der Waals surface area contributed by atoms with Crippen molar-refractivity contribution in [2.45, 2.75) is 138 Å². The van der Waals surface area contributed by atoms with Crippen LogP contribution in [0.25, 0.3) is 0 Å². The lowest BCUT2D eigenvalue weighted by Crippen LogP contribution is -2.43. The van der Waals surface area contributed by atoms with Gasteiger partial charge in [0.1, 0.15) is 5.33 Å². The summed E-state index contributed by atoms with van der Waals surface area (Å²) in [6.07, 6.45) is -2.02. The van der Waals surface area contributed by atoms with Crippen molar-refractivity contribution < 1.29 is 4.58 Å². The third-order valence-electron chi connectivity index (χ3n) is 8.55. The van der Waals surface area contributed by atoms with Crippen LogP contribution in [0.4, 0.5) is 5.69 Å². The topological polar surface area (TPSA) is 3.01 Å². The van der Waals surface area contributed by atoms with Crippen molar-refractivity contribution >= 4 is 53.0 Å². The average Bonchev–Trinajstić information content (AvgIpc) is 3.01. The van der Waals surface area contributed by atoms with E-state index in [1.54, 1.807) is 0 Å². The van der Waals surface area contributed by atoms with Crippen LogP contribution in [0.1, 0.15) is 161 Å². The third kappa shape index (κ3) is 6.61. The highest BCUT2D eigenvalue weighted by Crippen LogP contribution is 2.53. The maximum absolute atomic E-state index is 7.87. The lowest BCUT2D eigenvalue weighted by atomic mass is 9.84. The van der Waals surface area contributed by atoms with Crippen LogP contribution in [0.5, 0.6) is 0 Å². The number of hydrogen-bond acceptors (Lipinski definition) is 0. The van der Waals surface area contributed by atoms with Crippen LogP contribution in [0, 0.1) is 5.41 Å². The molecule has 0 bridgehead atoms. The number of rotatable bonds is 9. The van der Waals surface area contributed by atoms with E-state index in [1.165, 1.54) is 44.1 Å². The third-order valence-corrected chi connectivity index (χ3v) is 15.8. The minimum atomic E-state index is -3.04. The second kappa shape index (κ2) is 12.1. The summed E-state index contributed by atoms with van der Waals surface area (Å²) < 4.78 is 2.63. The molecule has 3 rings (SSSR count). The number of halogens is 2. The fraction of sp³-hybridized carbons (Fsp3) is 0.629. The summed E-state index contributed by atoms with van der Waals surface area (Å²) in [7, 11) is 1.09. The van der Waals surface area contributed by atoms with Crippen molar-refractivity contribution in [1.29, 1.82) is 0 Å². The predicted octanol–water partition coefficient (Wildman–Crippen LogP) is 11.8. The van der Waals surface area contributed by atoms with Crippen molar-refractivity contribution in [3.8, 4) is 0 Å². The van der Waals surface area contributed by atoms with Gasteiger partial charge in [0.2, 0.25) is 12.0 Å². The molecule has 40 heavy (non-hydrogen) atoms. The molecular formula is C35H54Cl2NPSi. The van der Waals surface area contributed by atoms with Gasteiger partial charge in [-0.2, -0.15) is 32.0 Å². The molecule has 0 N–H and O–H groups in total. The second-order valence-electron chi connectivity index (χ2n) is 14.8. The van der Waals surface area contributed by atoms with Crippen LogP contribution in [-0.4, -0.2) is 21.8 Å². The van der Waals surface area contributed by atoms with Gasteiger partial charge >= 0.3 is 0 Å². The van der Waals surface area contributed by atoms with Crippen molar-refractivity contribution in [1.82, 2.24) is 0 Å². The minimum Gasteiger partial charge on any atom is -0.463 e. The van der Waals surface area contributed by atoms with Gasteiger partial charge in [0, 0.05) is 36.8 Å². The number of para-hydroxylation sites is 1. The van der Waals surface area contributed by atoms with Crippen LogP contribution in [0.2, 0.25) is 0 Å². The molecule has 0 atom stereocenters. The summed E-state index contributed by atoms with van der Waals surface area (Å²) >= 11 is 15.7. The predicted molar refractivity (Wildman–Crippen MR) is 185 cm³/mol. The first-order valence-electron chi connectivity index (χ1n) is 15.3. The molecule has 2 aromatic rings. The molecule has 222 valence electrons. The zero-order chi connectivity index (χ0) is 30.5. The Hall–Kier alpha value is -0.663. The number of nitrogens with zero attached hydrogens (tertiary/aromatic N) is 1. The van der Waals surface area contributed by atoms with E-state index in [4.69, 9.17) is 22.2 Å². The standard InChI is InChI=1S/C35H54Cl2NPSi/c1-21(2)26-18-29(24(7)8)32(30(19-26)25(9)10)39-40(36,37)33-34(11,12)20-35(13,14)38(33)31-27(22(3)4)16-15-17-28(31)23(5)6/h15-19,21-25H,20H2,1-14H3. The molecule has 0 spiro atoms. The lowest BCUT2D eigenvalue weighted by molar-refractivity contribution is -0.515. The maximum Gasteiger partial charge on any atom is 0.213 e. The molecule has 2 aromatic carbocycles. The molecule has 0 saturated carbocycles. The molecule has 1 heterocycles. The molecule has 5 heteroatoms. The van der Waals surface area contributed by atoms with Gasteiger partial charge in [-0.15, -0.1) is 0 Å². The molecule has 0 saturated heterocycles. The summed E-state index contributed by atoms with van der Waals surface area (Å²) in [4.78, 5) is 0. The minimum absolute atomic E-state index is 0.103. The van der Waals surface area contributed by atoms with Gasteiger partial charge in [-0.3, -0.25) is 0 Å². The van der Waals surface area contributed by atoms with Gasteiger partial charge in [0.05, 0.1) is 0 Å². The molecule has 0 amide bonds. The van der Waals surface area contributed by atoms with E-state index in [1.807, 2.05) is 0 Å². The highest BCUT2D eigenvalue weighted by molar-refractivity contribution is 8.10. The van der Waals surface area contributed by atoms with Crippen LogP contribution >= 0.6 is 30.3 Å². The van der Waals surface area contributed by atoms with Crippen LogP contribution < -0.4 is 5.30 Å². The first-order valence-corrected chi connectivity index (χ1v) is 21.1. The Morgan fingerprint density at radius 3 is 1.50 bits per heavy atom. The van der Waals surface area contributed by atoms with Crippen LogP contribution in [0.3, 0.4) is 0 Å². The van der Waals surface area contributed by atoms with Crippen molar-refractivity contribution in [3.63, 3.8) is 0 Å². The Bertz CT molecular complexity index is 1210. The normalized spacial score (nSPS) is 17.7. The zero-order valence-corrected chi connectivity index (χ0v) is 31.0. The van der Waals surface area contributed by atoms with Crippen molar-refractivity contribution in [2.75, 3.05) is 0 Å². The molecule has 0 aliphatic carbocycles. The fourth-order valence-electron chi connectivity index (χ4n) is 6.82. The molecule has 0 aromatic heterocycles. The summed E-state index contributed by atoms with van der Waals surface area (Å²) in [5, 5.41) is 2.63. The zero-order valence-electron chi connectivity index (χ0n) is 27.6. The van der Waals surface area contributed by atoms with Gasteiger partial charge < -0.3 is 8.13 Å². The molecule has 1 aliphatic heterocycles. The maximum atomic E-state index is 7.87. The SMILES string of the molecule is CC(C)c1cc(C(C)C)c([P-][Si](Cl)(Cl)C2=[N+](c3c(C(C)C)cccc3C(C)C)C(C)(C)CC2(C)C)c(C(C)C)c1. The Balaban J connectivity index is 2.42. The summed E-state index contributed by atoms with van der Waals surface area (Å²) in [6, 6.07) is 11.7. The Kier molecular flexibility index (Phi) is 10.3. The van der Waals surface area contributed by atoms with E-state index in [2.05, 4.69) is 132 Å². The second-order valence-corrected chi connectivity index (χ2v) is 25.3. The first-order chi connectivity index (χ1) is 18.2. The summed E-state index contributed by atoms with van der Waals surface area (Å²) in [5.74, 6) is 2.09. The van der Waals surface area contributed by atoms with E-state index in [9.17, 15) is 0 Å². The summed E-state index contributed by atoms with van der Waals surface area (Å²) in [5.41, 5.74) is 8.12. The van der Waals surface area contributed by atoms with E-state index in [0.717, 1.165) is 14.5 Å². The quantitative estimate of drug-likeness (QED) is 0.114. The van der Waals surface area contributed by atoms with E-state index >= 15 is 0 Å². The smallest absolute Gasteiger partial charge is 0.213 e. The fourth-order valence-corrected chi connectivity index (χ4v) is 16.4. The van der Waals surface area contributed by atoms with Crippen molar-refractivity contribution in [2.24, 2.45) is 5.41 Å². The van der Waals surface area contributed by atoms with E-state index < -0.39 is 6.36 Å². The molecule has 1 aliphatic rings. The Morgan fingerprint density at radius 2 is 1.12 bits per heavy atom. The highest BCUT2D eigenvalue weighted by Gasteiger charge is 2.57.